The summed E-state index contributed by atoms with van der Waals surface area (Å²) < 4.78 is 30.7. The van der Waals surface area contributed by atoms with E-state index in [0.717, 1.165) is 0 Å². The molecule has 1 aliphatic heterocycles. The maximum absolute atomic E-state index is 12.8. The third-order valence-electron chi connectivity index (χ3n) is 4.72. The van der Waals surface area contributed by atoms with E-state index in [0.29, 0.717) is 37.4 Å². The molecule has 1 saturated heterocycles. The van der Waals surface area contributed by atoms with Crippen LogP contribution in [0.2, 0.25) is 0 Å². The second kappa shape index (κ2) is 9.69. The first-order valence-electron chi connectivity index (χ1n) is 9.12. The molecule has 0 aliphatic carbocycles. The van der Waals surface area contributed by atoms with Crippen LogP contribution in [-0.4, -0.2) is 47.7 Å². The highest BCUT2D eigenvalue weighted by molar-refractivity contribution is 7.99. The molecule has 0 saturated carbocycles. The molecule has 1 aromatic carbocycles. The Morgan fingerprint density at radius 3 is 2.62 bits per heavy atom. The highest BCUT2D eigenvalue weighted by atomic mass is 32.2. The van der Waals surface area contributed by atoms with Crippen LogP contribution in [0, 0.1) is 5.92 Å². The van der Waals surface area contributed by atoms with Gasteiger partial charge in [0.05, 0.1) is 18.4 Å². The highest BCUT2D eigenvalue weighted by Gasteiger charge is 2.29. The number of anilines is 1. The van der Waals surface area contributed by atoms with E-state index in [4.69, 9.17) is 4.74 Å². The number of hydrogen-bond acceptors (Lipinski definition) is 5. The van der Waals surface area contributed by atoms with E-state index in [-0.39, 0.29) is 40.1 Å². The van der Waals surface area contributed by atoms with Crippen LogP contribution in [-0.2, 0) is 4.79 Å². The Bertz CT molecular complexity index is 874. The van der Waals surface area contributed by atoms with Gasteiger partial charge in [-0.05, 0) is 48.9 Å². The van der Waals surface area contributed by atoms with Crippen LogP contribution in [0.15, 0.2) is 47.6 Å². The summed E-state index contributed by atoms with van der Waals surface area (Å²) in [5.41, 5.74) is 0.761. The van der Waals surface area contributed by atoms with E-state index in [1.807, 2.05) is 12.1 Å². The molecule has 1 N–H and O–H groups in total. The number of methoxy groups -OCH3 is 1. The number of benzene rings is 1. The van der Waals surface area contributed by atoms with Gasteiger partial charge < -0.3 is 15.0 Å². The van der Waals surface area contributed by atoms with Crippen molar-refractivity contribution in [3.05, 3.63) is 48.2 Å². The van der Waals surface area contributed by atoms with Gasteiger partial charge in [-0.3, -0.25) is 9.59 Å². The number of alkyl halides is 2. The van der Waals surface area contributed by atoms with E-state index in [1.54, 1.807) is 23.1 Å². The van der Waals surface area contributed by atoms with Crippen LogP contribution in [0.1, 0.15) is 23.2 Å². The van der Waals surface area contributed by atoms with Gasteiger partial charge in [0.15, 0.2) is 0 Å². The van der Waals surface area contributed by atoms with Gasteiger partial charge in [-0.15, -0.1) is 0 Å². The lowest BCUT2D eigenvalue weighted by Crippen LogP contribution is -2.41. The number of likely N-dealkylation sites (tertiary alicyclic amines) is 1. The molecule has 0 spiro atoms. The molecule has 0 atom stereocenters. The predicted octanol–water partition coefficient (Wildman–Crippen LogP) is 3.90. The van der Waals surface area contributed by atoms with Crippen molar-refractivity contribution in [1.82, 2.24) is 9.88 Å². The Hall–Kier alpha value is -2.68. The fourth-order valence-electron chi connectivity index (χ4n) is 3.23. The summed E-state index contributed by atoms with van der Waals surface area (Å²) in [5.74, 6) is -2.79. The number of ether oxygens (including phenoxy) is 1. The van der Waals surface area contributed by atoms with Gasteiger partial charge >= 0.3 is 0 Å². The molecule has 1 fully saturated rings. The standard InChI is InChI=1S/C20H21F2N3O3S/c1-28-16-7-3-2-6-15(16)24-17(26)13-8-11-25(12-9-13)19(27)14-5-4-10-23-18(14)29-20(21)22/h2-7,10,13,20H,8-9,11-12H2,1H3,(H,24,26). The summed E-state index contributed by atoms with van der Waals surface area (Å²) in [7, 11) is 1.54. The topological polar surface area (TPSA) is 71.5 Å². The first kappa shape index (κ1) is 21.0. The van der Waals surface area contributed by atoms with E-state index in [9.17, 15) is 18.4 Å². The molecular weight excluding hydrogens is 400 g/mol. The Balaban J connectivity index is 1.60. The van der Waals surface area contributed by atoms with Crippen molar-refractivity contribution in [1.29, 1.82) is 0 Å². The number of hydrogen-bond donors (Lipinski definition) is 1. The van der Waals surface area contributed by atoms with E-state index in [2.05, 4.69) is 10.3 Å². The monoisotopic (exact) mass is 421 g/mol. The van der Waals surface area contributed by atoms with Crippen molar-refractivity contribution in [2.75, 3.05) is 25.5 Å². The highest BCUT2D eigenvalue weighted by Crippen LogP contribution is 2.29. The summed E-state index contributed by atoms with van der Waals surface area (Å²) in [6.45, 7) is 0.743. The lowest BCUT2D eigenvalue weighted by molar-refractivity contribution is -0.121. The van der Waals surface area contributed by atoms with Gasteiger partial charge in [0.25, 0.3) is 11.7 Å². The van der Waals surface area contributed by atoms with Gasteiger partial charge in [0, 0.05) is 25.2 Å². The number of nitrogens with one attached hydrogen (secondary N) is 1. The minimum Gasteiger partial charge on any atom is -0.495 e. The third kappa shape index (κ3) is 5.23. The van der Waals surface area contributed by atoms with Crippen molar-refractivity contribution >= 4 is 29.3 Å². The zero-order valence-electron chi connectivity index (χ0n) is 15.8. The summed E-state index contributed by atoms with van der Waals surface area (Å²) in [4.78, 5) is 30.8. The number of halogens is 2. The minimum atomic E-state index is -2.65. The van der Waals surface area contributed by atoms with Gasteiger partial charge in [0.2, 0.25) is 5.91 Å². The van der Waals surface area contributed by atoms with Crippen LogP contribution in [0.25, 0.3) is 0 Å². The maximum Gasteiger partial charge on any atom is 0.290 e. The first-order chi connectivity index (χ1) is 14.0. The fourth-order valence-corrected chi connectivity index (χ4v) is 3.80. The number of piperidine rings is 1. The van der Waals surface area contributed by atoms with E-state index in [1.165, 1.54) is 19.4 Å². The molecule has 2 aromatic rings. The van der Waals surface area contributed by atoms with E-state index < -0.39 is 5.76 Å². The van der Waals surface area contributed by atoms with Gasteiger partial charge in [-0.1, -0.05) is 12.1 Å². The summed E-state index contributed by atoms with van der Waals surface area (Å²) in [5, 5.41) is 2.89. The summed E-state index contributed by atoms with van der Waals surface area (Å²) in [6, 6.07) is 10.2. The van der Waals surface area contributed by atoms with Crippen LogP contribution in [0.3, 0.4) is 0 Å². The Labute approximate surface area is 171 Å². The van der Waals surface area contributed by atoms with Crippen molar-refractivity contribution in [3.63, 3.8) is 0 Å². The molecule has 0 bridgehead atoms. The zero-order chi connectivity index (χ0) is 20.8. The largest absolute Gasteiger partial charge is 0.495 e. The number of carbonyl (C=O) groups excluding carboxylic acids is 2. The lowest BCUT2D eigenvalue weighted by atomic mass is 9.95. The van der Waals surface area contributed by atoms with Crippen LogP contribution in [0.4, 0.5) is 14.5 Å². The Morgan fingerprint density at radius 2 is 1.93 bits per heavy atom. The van der Waals surface area contributed by atoms with Gasteiger partial charge in [-0.2, -0.15) is 8.78 Å². The van der Waals surface area contributed by atoms with Gasteiger partial charge in [-0.25, -0.2) is 4.98 Å². The molecule has 0 radical (unpaired) electrons. The quantitative estimate of drug-likeness (QED) is 0.717. The van der Waals surface area contributed by atoms with Crippen molar-refractivity contribution in [3.8, 4) is 5.75 Å². The molecule has 1 aliphatic rings. The van der Waals surface area contributed by atoms with E-state index >= 15 is 0 Å². The average Bonchev–Trinajstić information content (AvgIpc) is 2.73. The van der Waals surface area contributed by atoms with Gasteiger partial charge in [0.1, 0.15) is 10.8 Å². The number of para-hydroxylation sites is 2. The molecule has 2 heterocycles. The molecule has 2 amide bonds. The third-order valence-corrected chi connectivity index (χ3v) is 5.45. The Kier molecular flexibility index (Phi) is 7.03. The predicted molar refractivity (Wildman–Crippen MR) is 106 cm³/mol. The van der Waals surface area contributed by atoms with Crippen molar-refractivity contribution in [2.45, 2.75) is 23.6 Å². The number of carbonyl (C=O) groups is 2. The number of amides is 2. The zero-order valence-corrected chi connectivity index (χ0v) is 16.6. The number of thioether (sulfide) groups is 1. The molecule has 9 heteroatoms. The summed E-state index contributed by atoms with van der Waals surface area (Å²) >= 11 is 0.260. The number of rotatable bonds is 6. The molecule has 29 heavy (non-hydrogen) atoms. The SMILES string of the molecule is COc1ccccc1NC(=O)C1CCN(C(=O)c2cccnc2SC(F)F)CC1. The molecule has 1 aromatic heterocycles. The van der Waals surface area contributed by atoms with Crippen LogP contribution in [0.5, 0.6) is 5.75 Å². The average molecular weight is 421 g/mol. The van der Waals surface area contributed by atoms with Crippen molar-refractivity contribution in [2.24, 2.45) is 5.92 Å². The maximum atomic E-state index is 12.8. The van der Waals surface area contributed by atoms with Crippen LogP contribution < -0.4 is 10.1 Å². The normalized spacial score (nSPS) is 14.7. The second-order valence-corrected chi connectivity index (χ2v) is 7.47. The number of aromatic nitrogens is 1. The smallest absolute Gasteiger partial charge is 0.290 e. The Morgan fingerprint density at radius 1 is 1.21 bits per heavy atom. The second-order valence-electron chi connectivity index (χ2n) is 6.49. The van der Waals surface area contributed by atoms with Crippen molar-refractivity contribution < 1.29 is 23.1 Å². The first-order valence-corrected chi connectivity index (χ1v) is 10.0. The molecule has 0 unspecified atom stereocenters. The molecule has 154 valence electrons. The van der Waals surface area contributed by atoms with Crippen LogP contribution >= 0.6 is 11.8 Å². The minimum absolute atomic E-state index is 0.0172. The number of pyridine rings is 1. The lowest BCUT2D eigenvalue weighted by Gasteiger charge is -2.31. The summed E-state index contributed by atoms with van der Waals surface area (Å²) in [6.07, 6.45) is 2.37. The molecular formula is C20H21F2N3O3S. The number of nitrogens with zero attached hydrogens (tertiary/aromatic N) is 2. The molecule has 3 rings (SSSR count). The fraction of sp³-hybridized carbons (Fsp3) is 0.350. The molecule has 6 nitrogen and oxygen atoms in total.